The molecule has 0 aromatic heterocycles. The van der Waals surface area contributed by atoms with Crippen molar-refractivity contribution in [3.63, 3.8) is 0 Å². The van der Waals surface area contributed by atoms with Crippen LogP contribution in [0.5, 0.6) is 11.5 Å². The number of nitrogens with zero attached hydrogens (tertiary/aromatic N) is 2. The molecule has 2 aromatic carbocycles. The van der Waals surface area contributed by atoms with Gasteiger partial charge in [0, 0.05) is 38.2 Å². The lowest BCUT2D eigenvalue weighted by Gasteiger charge is -2.31. The topological polar surface area (TPSA) is 88.5 Å². The summed E-state index contributed by atoms with van der Waals surface area (Å²) in [6, 6.07) is 12.1. The molecule has 2 atom stereocenters. The van der Waals surface area contributed by atoms with Crippen molar-refractivity contribution in [1.82, 2.24) is 9.80 Å². The number of likely N-dealkylation sites (tertiary alicyclic amines) is 1. The van der Waals surface area contributed by atoms with E-state index in [2.05, 4.69) is 4.90 Å². The van der Waals surface area contributed by atoms with Crippen LogP contribution in [-0.2, 0) is 20.7 Å². The standard InChI is InChI=1S/C28H32N2O6/c1-3-35-22-6-4-5-19(17-22)25-24(26(31)20-7-8-23-21(16-20)15-18(2)36-23)27(32)28(33)30(25)10-9-29-11-13-34-14-12-29/h4-8,16-18,25,31H,3,9-15H2,1-2H3/b26-24+/t18-,25-/m1/s1. The molecule has 3 aliphatic heterocycles. The highest BCUT2D eigenvalue weighted by Crippen LogP contribution is 2.41. The summed E-state index contributed by atoms with van der Waals surface area (Å²) in [4.78, 5) is 30.4. The molecule has 2 saturated heterocycles. The average molecular weight is 493 g/mol. The lowest BCUT2D eigenvalue weighted by atomic mass is 9.94. The van der Waals surface area contributed by atoms with Gasteiger partial charge in [0.05, 0.1) is 31.4 Å². The first-order valence-corrected chi connectivity index (χ1v) is 12.6. The summed E-state index contributed by atoms with van der Waals surface area (Å²) in [6.07, 6.45) is 0.786. The number of morpholine rings is 1. The first-order chi connectivity index (χ1) is 17.5. The summed E-state index contributed by atoms with van der Waals surface area (Å²) in [5, 5.41) is 11.4. The molecule has 0 unspecified atom stereocenters. The fourth-order valence-corrected chi connectivity index (χ4v) is 5.20. The number of aliphatic hydroxyl groups is 1. The summed E-state index contributed by atoms with van der Waals surface area (Å²) in [5.74, 6) is -0.0130. The molecule has 1 amide bonds. The van der Waals surface area contributed by atoms with Crippen LogP contribution in [0.2, 0.25) is 0 Å². The smallest absolute Gasteiger partial charge is 0.295 e. The minimum absolute atomic E-state index is 0.0597. The molecule has 2 fully saturated rings. The largest absolute Gasteiger partial charge is 0.507 e. The van der Waals surface area contributed by atoms with E-state index in [1.807, 2.05) is 50.2 Å². The van der Waals surface area contributed by atoms with Crippen molar-refractivity contribution in [3.05, 3.63) is 64.7 Å². The maximum atomic E-state index is 13.4. The normalized spacial score (nSPS) is 23.6. The number of Topliss-reactive ketones (excluding diaryl/α,β-unsaturated/α-hetero) is 1. The highest BCUT2D eigenvalue weighted by atomic mass is 16.5. The Morgan fingerprint density at radius 1 is 1.11 bits per heavy atom. The SMILES string of the molecule is CCOc1cccc([C@@H]2/C(=C(\O)c3ccc4c(c3)C[C@@H](C)O4)C(=O)C(=O)N2CCN2CCOCC2)c1. The van der Waals surface area contributed by atoms with Gasteiger partial charge in [-0.3, -0.25) is 14.5 Å². The third kappa shape index (κ3) is 4.70. The van der Waals surface area contributed by atoms with E-state index in [4.69, 9.17) is 14.2 Å². The number of carbonyl (C=O) groups excluding carboxylic acids is 2. The maximum absolute atomic E-state index is 13.4. The van der Waals surface area contributed by atoms with Crippen molar-refractivity contribution < 1.29 is 28.9 Å². The zero-order valence-electron chi connectivity index (χ0n) is 20.7. The van der Waals surface area contributed by atoms with Gasteiger partial charge in [0.1, 0.15) is 23.4 Å². The van der Waals surface area contributed by atoms with Crippen molar-refractivity contribution in [2.24, 2.45) is 0 Å². The molecule has 0 spiro atoms. The Kier molecular flexibility index (Phi) is 6.98. The third-order valence-electron chi connectivity index (χ3n) is 6.96. The van der Waals surface area contributed by atoms with E-state index in [0.29, 0.717) is 44.2 Å². The van der Waals surface area contributed by atoms with Gasteiger partial charge in [-0.2, -0.15) is 0 Å². The molecule has 8 heteroatoms. The molecule has 3 aliphatic rings. The van der Waals surface area contributed by atoms with Crippen LogP contribution in [0.3, 0.4) is 0 Å². The molecular formula is C28H32N2O6. The summed E-state index contributed by atoms with van der Waals surface area (Å²) in [7, 11) is 0. The van der Waals surface area contributed by atoms with Gasteiger partial charge in [0.2, 0.25) is 0 Å². The van der Waals surface area contributed by atoms with Crippen LogP contribution in [-0.4, -0.2) is 78.7 Å². The Morgan fingerprint density at radius 2 is 1.92 bits per heavy atom. The van der Waals surface area contributed by atoms with Gasteiger partial charge in [0.15, 0.2) is 0 Å². The molecular weight excluding hydrogens is 460 g/mol. The summed E-state index contributed by atoms with van der Waals surface area (Å²) < 4.78 is 16.9. The first-order valence-electron chi connectivity index (χ1n) is 12.6. The molecule has 8 nitrogen and oxygen atoms in total. The molecule has 3 heterocycles. The molecule has 0 saturated carbocycles. The Hall–Kier alpha value is -3.36. The van der Waals surface area contributed by atoms with E-state index in [1.165, 1.54) is 0 Å². The predicted molar refractivity (Wildman–Crippen MR) is 134 cm³/mol. The fourth-order valence-electron chi connectivity index (χ4n) is 5.20. The van der Waals surface area contributed by atoms with Gasteiger partial charge in [-0.15, -0.1) is 0 Å². The van der Waals surface area contributed by atoms with E-state index in [1.54, 1.807) is 11.0 Å². The second-order valence-corrected chi connectivity index (χ2v) is 9.41. The highest BCUT2D eigenvalue weighted by molar-refractivity contribution is 6.46. The van der Waals surface area contributed by atoms with E-state index < -0.39 is 17.7 Å². The van der Waals surface area contributed by atoms with E-state index in [9.17, 15) is 14.7 Å². The number of hydrogen-bond acceptors (Lipinski definition) is 7. The average Bonchev–Trinajstić information content (AvgIpc) is 3.38. The van der Waals surface area contributed by atoms with Gasteiger partial charge in [0.25, 0.3) is 11.7 Å². The molecule has 2 aromatic rings. The van der Waals surface area contributed by atoms with Gasteiger partial charge in [-0.05, 0) is 55.3 Å². The minimum Gasteiger partial charge on any atom is -0.507 e. The number of ketones is 1. The Labute approximate surface area is 211 Å². The number of hydrogen-bond donors (Lipinski definition) is 1. The van der Waals surface area contributed by atoms with Crippen LogP contribution in [0.25, 0.3) is 5.76 Å². The molecule has 1 N–H and O–H groups in total. The summed E-state index contributed by atoms with van der Waals surface area (Å²) in [5.41, 5.74) is 2.30. The zero-order chi connectivity index (χ0) is 25.2. The van der Waals surface area contributed by atoms with E-state index in [-0.39, 0.29) is 17.4 Å². The maximum Gasteiger partial charge on any atom is 0.295 e. The molecule has 0 radical (unpaired) electrons. The van der Waals surface area contributed by atoms with Gasteiger partial charge < -0.3 is 24.2 Å². The van der Waals surface area contributed by atoms with Crippen molar-refractivity contribution in [2.45, 2.75) is 32.4 Å². The number of rotatable bonds is 7. The number of ether oxygens (including phenoxy) is 3. The quantitative estimate of drug-likeness (QED) is 0.361. The van der Waals surface area contributed by atoms with E-state index >= 15 is 0 Å². The van der Waals surface area contributed by atoms with Crippen molar-refractivity contribution >= 4 is 17.4 Å². The summed E-state index contributed by atoms with van der Waals surface area (Å²) in [6.45, 7) is 8.24. The number of amides is 1. The van der Waals surface area contributed by atoms with Crippen LogP contribution < -0.4 is 9.47 Å². The lowest BCUT2D eigenvalue weighted by molar-refractivity contribution is -0.140. The van der Waals surface area contributed by atoms with Gasteiger partial charge in [-0.1, -0.05) is 12.1 Å². The van der Waals surface area contributed by atoms with Gasteiger partial charge in [-0.25, -0.2) is 0 Å². The molecule has 0 aliphatic carbocycles. The van der Waals surface area contributed by atoms with Crippen molar-refractivity contribution in [2.75, 3.05) is 46.0 Å². The number of aliphatic hydroxyl groups excluding tert-OH is 1. The number of benzene rings is 2. The molecule has 0 bridgehead atoms. The van der Waals surface area contributed by atoms with Crippen LogP contribution in [0.4, 0.5) is 0 Å². The fraction of sp³-hybridized carbons (Fsp3) is 0.429. The van der Waals surface area contributed by atoms with Crippen LogP contribution in [0.15, 0.2) is 48.0 Å². The second kappa shape index (κ2) is 10.3. The molecule has 5 rings (SSSR count). The Balaban J connectivity index is 1.54. The summed E-state index contributed by atoms with van der Waals surface area (Å²) >= 11 is 0. The lowest BCUT2D eigenvalue weighted by Crippen LogP contribution is -2.42. The molecule has 36 heavy (non-hydrogen) atoms. The number of fused-ring (bicyclic) bond motifs is 1. The van der Waals surface area contributed by atoms with Crippen molar-refractivity contribution in [1.29, 1.82) is 0 Å². The highest BCUT2D eigenvalue weighted by Gasteiger charge is 2.46. The monoisotopic (exact) mass is 492 g/mol. The van der Waals surface area contributed by atoms with Gasteiger partial charge >= 0.3 is 0 Å². The van der Waals surface area contributed by atoms with E-state index in [0.717, 1.165) is 36.4 Å². The minimum atomic E-state index is -0.713. The van der Waals surface area contributed by atoms with Crippen LogP contribution >= 0.6 is 0 Å². The van der Waals surface area contributed by atoms with Crippen LogP contribution in [0.1, 0.15) is 36.6 Å². The van der Waals surface area contributed by atoms with Crippen LogP contribution in [0, 0.1) is 0 Å². The second-order valence-electron chi connectivity index (χ2n) is 9.41. The third-order valence-corrected chi connectivity index (χ3v) is 6.96. The predicted octanol–water partition coefficient (Wildman–Crippen LogP) is 3.16. The van der Waals surface area contributed by atoms with Crippen molar-refractivity contribution in [3.8, 4) is 11.5 Å². The Morgan fingerprint density at radius 3 is 2.69 bits per heavy atom. The zero-order valence-corrected chi connectivity index (χ0v) is 20.7. The Bertz CT molecular complexity index is 1190. The first kappa shape index (κ1) is 24.3. The molecule has 190 valence electrons. The number of carbonyl (C=O) groups is 2.